The fourth-order valence-electron chi connectivity index (χ4n) is 2.30. The van der Waals surface area contributed by atoms with Gasteiger partial charge in [-0.25, -0.2) is 14.2 Å². The minimum Gasteiger partial charge on any atom is -0.478 e. The van der Waals surface area contributed by atoms with Gasteiger partial charge in [-0.2, -0.15) is 0 Å². The Morgan fingerprint density at radius 1 is 1.04 bits per heavy atom. The minimum absolute atomic E-state index is 0.149. The Kier molecular flexibility index (Phi) is 4.78. The summed E-state index contributed by atoms with van der Waals surface area (Å²) in [6.45, 7) is 0. The number of hydrogen-bond acceptors (Lipinski definition) is 2. The van der Waals surface area contributed by atoms with Crippen molar-refractivity contribution in [2.24, 2.45) is 0 Å². The highest BCUT2D eigenvalue weighted by molar-refractivity contribution is 9.10. The largest absolute Gasteiger partial charge is 0.478 e. The van der Waals surface area contributed by atoms with Crippen LogP contribution in [0.4, 0.5) is 4.39 Å². The quantitative estimate of drug-likeness (QED) is 0.551. The highest BCUT2D eigenvalue weighted by Crippen LogP contribution is 2.24. The third-order valence-electron chi connectivity index (χ3n) is 3.41. The van der Waals surface area contributed by atoms with Gasteiger partial charge in [-0.05, 0) is 54.6 Å². The predicted octanol–water partition coefficient (Wildman–Crippen LogP) is 5.77. The van der Waals surface area contributed by atoms with Crippen LogP contribution >= 0.6 is 31.9 Å². The summed E-state index contributed by atoms with van der Waals surface area (Å²) in [5, 5.41) is 9.97. The maximum absolute atomic E-state index is 13.8. The van der Waals surface area contributed by atoms with Gasteiger partial charge < -0.3 is 5.11 Å². The normalized spacial score (nSPS) is 11.3. The molecule has 3 aromatic rings. The van der Waals surface area contributed by atoms with Crippen LogP contribution in [-0.2, 0) is 0 Å². The summed E-state index contributed by atoms with van der Waals surface area (Å²) < 4.78 is 15.3. The van der Waals surface area contributed by atoms with Crippen LogP contribution in [0.2, 0.25) is 0 Å². The second kappa shape index (κ2) is 6.83. The van der Waals surface area contributed by atoms with E-state index in [1.807, 2.05) is 0 Å². The molecule has 120 valence electrons. The van der Waals surface area contributed by atoms with Gasteiger partial charge in [0.15, 0.2) is 0 Å². The molecule has 1 N–H and O–H groups in total. The third kappa shape index (κ3) is 3.55. The first kappa shape index (κ1) is 16.8. The summed E-state index contributed by atoms with van der Waals surface area (Å²) in [7, 11) is 0. The zero-order chi connectivity index (χ0) is 17.3. The number of carboxylic acids is 1. The van der Waals surface area contributed by atoms with Gasteiger partial charge >= 0.3 is 5.97 Å². The number of pyridine rings is 1. The Balaban J connectivity index is 2.10. The standard InChI is InChI=1S/C18H10Br2FNO2/c19-11-2-5-16(21)10(7-11)1-4-13-9-15(18(23)24)14-8-12(20)3-6-17(14)22-13/h1-9H,(H,23,24)/b4-1+. The zero-order valence-corrected chi connectivity index (χ0v) is 15.3. The number of nitrogens with zero attached hydrogens (tertiary/aromatic N) is 1. The lowest BCUT2D eigenvalue weighted by molar-refractivity contribution is 0.0699. The first-order chi connectivity index (χ1) is 11.4. The average Bonchev–Trinajstić information content (AvgIpc) is 2.55. The lowest BCUT2D eigenvalue weighted by atomic mass is 10.1. The molecule has 0 radical (unpaired) electrons. The lowest BCUT2D eigenvalue weighted by Crippen LogP contribution is -2.00. The smallest absolute Gasteiger partial charge is 0.336 e. The molecule has 1 heterocycles. The topological polar surface area (TPSA) is 50.2 Å². The summed E-state index contributed by atoms with van der Waals surface area (Å²) >= 11 is 6.62. The van der Waals surface area contributed by atoms with Crippen LogP contribution in [0.15, 0.2) is 51.4 Å². The summed E-state index contributed by atoms with van der Waals surface area (Å²) in [5.41, 5.74) is 1.55. The monoisotopic (exact) mass is 449 g/mol. The van der Waals surface area contributed by atoms with Crippen molar-refractivity contribution in [3.05, 3.63) is 74.0 Å². The molecule has 0 bridgehead atoms. The molecule has 0 saturated carbocycles. The second-order valence-electron chi connectivity index (χ2n) is 5.06. The predicted molar refractivity (Wildman–Crippen MR) is 99.4 cm³/mol. The maximum atomic E-state index is 13.8. The first-order valence-corrected chi connectivity index (χ1v) is 8.49. The van der Waals surface area contributed by atoms with E-state index in [1.54, 1.807) is 42.5 Å². The molecule has 3 nitrogen and oxygen atoms in total. The molecule has 2 aromatic carbocycles. The average molecular weight is 451 g/mol. The fourth-order valence-corrected chi connectivity index (χ4v) is 3.04. The summed E-state index contributed by atoms with van der Waals surface area (Å²) in [6.07, 6.45) is 3.16. The van der Waals surface area contributed by atoms with E-state index in [4.69, 9.17) is 0 Å². The van der Waals surface area contributed by atoms with Crippen LogP contribution in [0.3, 0.4) is 0 Å². The molecular weight excluding hydrogens is 441 g/mol. The highest BCUT2D eigenvalue weighted by atomic mass is 79.9. The van der Waals surface area contributed by atoms with Gasteiger partial charge in [-0.3, -0.25) is 0 Å². The van der Waals surface area contributed by atoms with Crippen molar-refractivity contribution in [3.63, 3.8) is 0 Å². The highest BCUT2D eigenvalue weighted by Gasteiger charge is 2.11. The fraction of sp³-hybridized carbons (Fsp3) is 0. The van der Waals surface area contributed by atoms with Gasteiger partial charge in [0.25, 0.3) is 0 Å². The van der Waals surface area contributed by atoms with Crippen molar-refractivity contribution in [1.29, 1.82) is 0 Å². The van der Waals surface area contributed by atoms with E-state index in [1.165, 1.54) is 12.1 Å². The van der Waals surface area contributed by atoms with E-state index in [9.17, 15) is 14.3 Å². The van der Waals surface area contributed by atoms with Gasteiger partial charge in [0, 0.05) is 19.9 Å². The van der Waals surface area contributed by atoms with Crippen LogP contribution in [0.1, 0.15) is 21.6 Å². The summed E-state index contributed by atoms with van der Waals surface area (Å²) in [5.74, 6) is -1.40. The number of aromatic carboxylic acids is 1. The van der Waals surface area contributed by atoms with Crippen LogP contribution in [-0.4, -0.2) is 16.1 Å². The Morgan fingerprint density at radius 3 is 2.50 bits per heavy atom. The molecule has 0 spiro atoms. The molecular formula is C18H10Br2FNO2. The molecule has 0 aliphatic heterocycles. The van der Waals surface area contributed by atoms with Crippen molar-refractivity contribution >= 4 is 60.9 Å². The lowest BCUT2D eigenvalue weighted by Gasteiger charge is -2.05. The number of hydrogen-bond donors (Lipinski definition) is 1. The van der Waals surface area contributed by atoms with Gasteiger partial charge in [0.1, 0.15) is 5.82 Å². The van der Waals surface area contributed by atoms with Crippen molar-refractivity contribution in [3.8, 4) is 0 Å². The van der Waals surface area contributed by atoms with Gasteiger partial charge in [0.05, 0.1) is 16.8 Å². The maximum Gasteiger partial charge on any atom is 0.336 e. The molecule has 0 aliphatic carbocycles. The third-order valence-corrected chi connectivity index (χ3v) is 4.40. The first-order valence-electron chi connectivity index (χ1n) is 6.91. The van der Waals surface area contributed by atoms with E-state index in [0.29, 0.717) is 22.2 Å². The van der Waals surface area contributed by atoms with Gasteiger partial charge in [0.2, 0.25) is 0 Å². The molecule has 1 aromatic heterocycles. The Labute approximate surface area is 154 Å². The summed E-state index contributed by atoms with van der Waals surface area (Å²) in [4.78, 5) is 15.9. The van der Waals surface area contributed by atoms with E-state index < -0.39 is 5.97 Å². The molecule has 0 fully saturated rings. The molecule has 3 rings (SSSR count). The van der Waals surface area contributed by atoms with Crippen LogP contribution in [0, 0.1) is 5.82 Å². The number of aromatic nitrogens is 1. The SMILES string of the molecule is O=C(O)c1cc(/C=C/c2cc(Br)ccc2F)nc2ccc(Br)cc12. The molecule has 0 saturated heterocycles. The molecule has 0 atom stereocenters. The Bertz CT molecular complexity index is 986. The number of fused-ring (bicyclic) bond motifs is 1. The van der Waals surface area contributed by atoms with Crippen LogP contribution in [0.25, 0.3) is 23.1 Å². The van der Waals surface area contributed by atoms with Crippen molar-refractivity contribution < 1.29 is 14.3 Å². The van der Waals surface area contributed by atoms with Gasteiger partial charge in [-0.15, -0.1) is 0 Å². The zero-order valence-electron chi connectivity index (χ0n) is 12.1. The Hall–Kier alpha value is -2.05. The molecule has 0 aliphatic rings. The molecule has 0 amide bonds. The van der Waals surface area contributed by atoms with E-state index >= 15 is 0 Å². The van der Waals surface area contributed by atoms with Crippen molar-refractivity contribution in [1.82, 2.24) is 4.98 Å². The number of benzene rings is 2. The Morgan fingerprint density at radius 2 is 1.75 bits per heavy atom. The van der Waals surface area contributed by atoms with E-state index in [0.717, 1.165) is 8.95 Å². The number of rotatable bonds is 3. The number of carbonyl (C=O) groups is 1. The summed E-state index contributed by atoms with van der Waals surface area (Å²) in [6, 6.07) is 11.3. The van der Waals surface area contributed by atoms with Crippen molar-refractivity contribution in [2.75, 3.05) is 0 Å². The number of halogens is 3. The van der Waals surface area contributed by atoms with E-state index in [-0.39, 0.29) is 11.4 Å². The van der Waals surface area contributed by atoms with Crippen molar-refractivity contribution in [2.45, 2.75) is 0 Å². The second-order valence-corrected chi connectivity index (χ2v) is 6.89. The minimum atomic E-state index is -1.04. The molecule has 0 unspecified atom stereocenters. The molecule has 24 heavy (non-hydrogen) atoms. The number of carboxylic acid groups (broad SMARTS) is 1. The van der Waals surface area contributed by atoms with Crippen LogP contribution in [0.5, 0.6) is 0 Å². The van der Waals surface area contributed by atoms with Gasteiger partial charge in [-0.1, -0.05) is 31.9 Å². The van der Waals surface area contributed by atoms with Crippen LogP contribution < -0.4 is 0 Å². The van der Waals surface area contributed by atoms with E-state index in [2.05, 4.69) is 36.8 Å². The molecule has 6 heteroatoms.